The van der Waals surface area contributed by atoms with E-state index in [0.717, 1.165) is 46.1 Å². The van der Waals surface area contributed by atoms with Gasteiger partial charge in [0.1, 0.15) is 18.0 Å². The van der Waals surface area contributed by atoms with E-state index < -0.39 is 42.3 Å². The SMILES string of the molecule is C=CC(=O)OCCCCOc1ccc(-c2ccc(C(=O)O[C@H]3CO[C@H]4[C@@H]3OC[C@H]4OC(=O)C=Cc3ccc(-c4ccccc4)cc3)cc2)cc1. The molecule has 2 saturated heterocycles. The number of carbonyl (C=O) groups excluding carboxylic acids is 3. The van der Waals surface area contributed by atoms with E-state index in [4.69, 9.17) is 28.4 Å². The standard InChI is InChI=1S/C41H38O9/c1-2-37(42)46-25-7-6-24-45-34-21-19-32(20-22-34)31-15-17-33(18-16-31)41(44)50-36-27-48-39-35(26-47-40(36)39)49-38(43)23-12-28-10-13-30(14-11-28)29-8-4-3-5-9-29/h2-5,8-23,35-36,39-40H,1,6-7,24-27H2/t35-,36+,39-,40-/m1/s1. The first-order valence-electron chi connectivity index (χ1n) is 16.6. The van der Waals surface area contributed by atoms with Crippen LogP contribution in [0.25, 0.3) is 28.3 Å². The van der Waals surface area contributed by atoms with Crippen LogP contribution >= 0.6 is 0 Å². The summed E-state index contributed by atoms with van der Waals surface area (Å²) >= 11 is 0. The van der Waals surface area contributed by atoms with Gasteiger partial charge in [-0.15, -0.1) is 0 Å². The van der Waals surface area contributed by atoms with Crippen LogP contribution in [0.4, 0.5) is 0 Å². The predicted octanol–water partition coefficient (Wildman–Crippen LogP) is 6.86. The van der Waals surface area contributed by atoms with E-state index in [1.165, 1.54) is 6.08 Å². The first kappa shape index (κ1) is 34.4. The van der Waals surface area contributed by atoms with Crippen molar-refractivity contribution in [3.63, 3.8) is 0 Å². The highest BCUT2D eigenvalue weighted by Crippen LogP contribution is 2.32. The Morgan fingerprint density at radius 2 is 1.22 bits per heavy atom. The van der Waals surface area contributed by atoms with Crippen molar-refractivity contribution in [2.24, 2.45) is 0 Å². The van der Waals surface area contributed by atoms with Gasteiger partial charge in [0.15, 0.2) is 12.2 Å². The van der Waals surface area contributed by atoms with Gasteiger partial charge in [-0.1, -0.05) is 85.4 Å². The van der Waals surface area contributed by atoms with Gasteiger partial charge < -0.3 is 28.4 Å². The predicted molar refractivity (Wildman–Crippen MR) is 187 cm³/mol. The van der Waals surface area contributed by atoms with Gasteiger partial charge in [-0.25, -0.2) is 14.4 Å². The molecule has 0 aliphatic carbocycles. The van der Waals surface area contributed by atoms with Crippen LogP contribution in [0, 0.1) is 0 Å². The number of unbranched alkanes of at least 4 members (excludes halogenated alkanes) is 1. The first-order valence-corrected chi connectivity index (χ1v) is 16.6. The average molecular weight is 675 g/mol. The molecule has 0 unspecified atom stereocenters. The molecule has 9 heteroatoms. The largest absolute Gasteiger partial charge is 0.494 e. The fourth-order valence-corrected chi connectivity index (χ4v) is 5.77. The molecular weight excluding hydrogens is 636 g/mol. The second-order valence-electron chi connectivity index (χ2n) is 11.9. The summed E-state index contributed by atoms with van der Waals surface area (Å²) in [5.74, 6) is -0.674. The van der Waals surface area contributed by atoms with Crippen molar-refractivity contribution >= 4 is 24.0 Å². The number of rotatable bonds is 14. The van der Waals surface area contributed by atoms with Crippen molar-refractivity contribution in [1.29, 1.82) is 0 Å². The summed E-state index contributed by atoms with van der Waals surface area (Å²) < 4.78 is 33.9. The number of fused-ring (bicyclic) bond motifs is 1. The quantitative estimate of drug-likeness (QED) is 0.0614. The molecule has 2 aliphatic heterocycles. The molecule has 0 radical (unpaired) electrons. The normalized spacial score (nSPS) is 19.4. The Morgan fingerprint density at radius 1 is 0.660 bits per heavy atom. The highest BCUT2D eigenvalue weighted by atomic mass is 16.7. The van der Waals surface area contributed by atoms with Crippen molar-refractivity contribution in [2.75, 3.05) is 26.4 Å². The lowest BCUT2D eigenvalue weighted by atomic mass is 10.0. The van der Waals surface area contributed by atoms with Crippen LogP contribution in [0.1, 0.15) is 28.8 Å². The van der Waals surface area contributed by atoms with Crippen molar-refractivity contribution in [3.05, 3.63) is 133 Å². The van der Waals surface area contributed by atoms with Gasteiger partial charge in [0.25, 0.3) is 0 Å². The second-order valence-corrected chi connectivity index (χ2v) is 11.9. The van der Waals surface area contributed by atoms with E-state index in [1.54, 1.807) is 18.2 Å². The number of hydrogen-bond acceptors (Lipinski definition) is 9. The highest BCUT2D eigenvalue weighted by Gasteiger charge is 2.51. The lowest BCUT2D eigenvalue weighted by Gasteiger charge is -2.17. The Balaban J connectivity index is 0.936. The van der Waals surface area contributed by atoms with Crippen LogP contribution in [0.3, 0.4) is 0 Å². The van der Waals surface area contributed by atoms with E-state index >= 15 is 0 Å². The van der Waals surface area contributed by atoms with Crippen molar-refractivity contribution in [3.8, 4) is 28.0 Å². The molecule has 4 aromatic carbocycles. The van der Waals surface area contributed by atoms with E-state index in [9.17, 15) is 14.4 Å². The Labute approximate surface area is 291 Å². The van der Waals surface area contributed by atoms with Crippen LogP contribution in [0.2, 0.25) is 0 Å². The number of ether oxygens (including phenoxy) is 6. The van der Waals surface area contributed by atoms with Crippen LogP contribution in [-0.2, 0) is 33.3 Å². The molecule has 0 spiro atoms. The molecule has 0 aromatic heterocycles. The maximum Gasteiger partial charge on any atom is 0.338 e. The van der Waals surface area contributed by atoms with Gasteiger partial charge in [-0.05, 0) is 71.0 Å². The Bertz CT molecular complexity index is 1780. The molecule has 2 heterocycles. The molecule has 6 rings (SSSR count). The smallest absolute Gasteiger partial charge is 0.338 e. The number of esters is 3. The zero-order valence-corrected chi connectivity index (χ0v) is 27.5. The molecule has 50 heavy (non-hydrogen) atoms. The summed E-state index contributed by atoms with van der Waals surface area (Å²) in [5, 5.41) is 0. The molecule has 0 saturated carbocycles. The second kappa shape index (κ2) is 16.7. The van der Waals surface area contributed by atoms with E-state index in [2.05, 4.69) is 6.58 Å². The first-order chi connectivity index (χ1) is 24.5. The summed E-state index contributed by atoms with van der Waals surface area (Å²) in [6.07, 6.45) is 3.42. The fraction of sp³-hybridized carbons (Fsp3) is 0.244. The third-order valence-corrected chi connectivity index (χ3v) is 8.44. The zero-order valence-electron chi connectivity index (χ0n) is 27.5. The molecule has 256 valence electrons. The van der Waals surface area contributed by atoms with Gasteiger partial charge in [-0.3, -0.25) is 0 Å². The Morgan fingerprint density at radius 3 is 1.86 bits per heavy atom. The van der Waals surface area contributed by atoms with Gasteiger partial charge in [0, 0.05) is 12.2 Å². The molecule has 0 amide bonds. The minimum atomic E-state index is -0.621. The van der Waals surface area contributed by atoms with Crippen molar-refractivity contribution < 1.29 is 42.8 Å². The summed E-state index contributed by atoms with van der Waals surface area (Å²) in [5.41, 5.74) is 5.39. The number of hydrogen-bond donors (Lipinski definition) is 0. The summed E-state index contributed by atoms with van der Waals surface area (Å²) in [6, 6.07) is 32.8. The maximum absolute atomic E-state index is 13.0. The molecular formula is C41H38O9. The van der Waals surface area contributed by atoms with Gasteiger partial charge in [-0.2, -0.15) is 0 Å². The third kappa shape index (κ3) is 8.93. The maximum atomic E-state index is 13.0. The van der Waals surface area contributed by atoms with Crippen LogP contribution < -0.4 is 4.74 Å². The van der Waals surface area contributed by atoms with Gasteiger partial charge >= 0.3 is 17.9 Å². The third-order valence-electron chi connectivity index (χ3n) is 8.44. The minimum absolute atomic E-state index is 0.147. The molecule has 9 nitrogen and oxygen atoms in total. The monoisotopic (exact) mass is 674 g/mol. The molecule has 2 fully saturated rings. The molecule has 0 N–H and O–H groups in total. The summed E-state index contributed by atoms with van der Waals surface area (Å²) in [7, 11) is 0. The minimum Gasteiger partial charge on any atom is -0.494 e. The number of carbonyl (C=O) groups is 3. The average Bonchev–Trinajstić information content (AvgIpc) is 3.75. The van der Waals surface area contributed by atoms with Gasteiger partial charge in [0.2, 0.25) is 0 Å². The van der Waals surface area contributed by atoms with E-state index in [1.807, 2.05) is 91.0 Å². The molecule has 4 aromatic rings. The summed E-state index contributed by atoms with van der Waals surface area (Å²) in [4.78, 5) is 36.7. The topological polar surface area (TPSA) is 107 Å². The summed E-state index contributed by atoms with van der Waals surface area (Å²) in [6.45, 7) is 4.51. The van der Waals surface area contributed by atoms with Crippen LogP contribution in [0.15, 0.2) is 122 Å². The van der Waals surface area contributed by atoms with E-state index in [-0.39, 0.29) is 13.2 Å². The van der Waals surface area contributed by atoms with Gasteiger partial charge in [0.05, 0.1) is 32.0 Å². The molecule has 0 bridgehead atoms. The highest BCUT2D eigenvalue weighted by molar-refractivity contribution is 5.90. The fourth-order valence-electron chi connectivity index (χ4n) is 5.77. The zero-order chi connectivity index (χ0) is 34.7. The molecule has 4 atom stereocenters. The van der Waals surface area contributed by atoms with Crippen molar-refractivity contribution in [1.82, 2.24) is 0 Å². The lowest BCUT2D eigenvalue weighted by Crippen LogP contribution is -2.35. The van der Waals surface area contributed by atoms with Crippen LogP contribution in [0.5, 0.6) is 5.75 Å². The lowest BCUT2D eigenvalue weighted by molar-refractivity contribution is -0.147. The van der Waals surface area contributed by atoms with E-state index in [0.29, 0.717) is 25.2 Å². The Hall–Kier alpha value is -5.51. The molecule has 2 aliphatic rings. The number of benzene rings is 4. The Kier molecular flexibility index (Phi) is 11.5. The van der Waals surface area contributed by atoms with Crippen molar-refractivity contribution in [2.45, 2.75) is 37.3 Å². The van der Waals surface area contributed by atoms with Crippen LogP contribution in [-0.4, -0.2) is 68.8 Å².